The maximum Gasteiger partial charge on any atom is 0.496 e. The number of rotatable bonds is 2. The number of aromatic nitrogens is 1. The first-order chi connectivity index (χ1) is 9.15. The molecule has 0 radical (unpaired) electrons. The zero-order valence-corrected chi connectivity index (χ0v) is 12.8. The first-order valence-corrected chi connectivity index (χ1v) is 7.16. The summed E-state index contributed by atoms with van der Waals surface area (Å²) in [6, 6.07) is 1.51. The van der Waals surface area contributed by atoms with Crippen LogP contribution in [0.5, 0.6) is 0 Å². The molecular formula is C15H21BFNO2. The van der Waals surface area contributed by atoms with Gasteiger partial charge in [0, 0.05) is 17.1 Å². The van der Waals surface area contributed by atoms with Crippen LogP contribution < -0.4 is 5.46 Å². The maximum absolute atomic E-state index is 14.3. The van der Waals surface area contributed by atoms with Crippen molar-refractivity contribution in [1.82, 2.24) is 4.98 Å². The van der Waals surface area contributed by atoms with Crippen LogP contribution in [0.2, 0.25) is 0 Å². The summed E-state index contributed by atoms with van der Waals surface area (Å²) >= 11 is 0. The summed E-state index contributed by atoms with van der Waals surface area (Å²) in [5.74, 6) is -0.253. The molecule has 108 valence electrons. The van der Waals surface area contributed by atoms with E-state index >= 15 is 0 Å². The fraction of sp³-hybridized carbons (Fsp3) is 0.667. The van der Waals surface area contributed by atoms with E-state index in [1.165, 1.54) is 6.07 Å². The van der Waals surface area contributed by atoms with Gasteiger partial charge >= 0.3 is 7.12 Å². The van der Waals surface area contributed by atoms with Gasteiger partial charge in [-0.1, -0.05) is 6.92 Å². The van der Waals surface area contributed by atoms with E-state index in [9.17, 15) is 4.39 Å². The van der Waals surface area contributed by atoms with E-state index in [1.807, 2.05) is 34.6 Å². The van der Waals surface area contributed by atoms with Crippen molar-refractivity contribution in [3.8, 4) is 0 Å². The van der Waals surface area contributed by atoms with Gasteiger partial charge in [0.2, 0.25) is 0 Å². The molecule has 2 heterocycles. The molecule has 5 heteroatoms. The molecule has 2 fully saturated rings. The average Bonchev–Trinajstić information content (AvgIpc) is 3.01. The number of pyridine rings is 1. The van der Waals surface area contributed by atoms with Crippen LogP contribution in [0.25, 0.3) is 0 Å². The Morgan fingerprint density at radius 2 is 1.65 bits per heavy atom. The normalized spacial score (nSPS) is 25.8. The van der Waals surface area contributed by atoms with Crippen LogP contribution in [0, 0.1) is 5.82 Å². The zero-order chi connectivity index (χ0) is 14.8. The van der Waals surface area contributed by atoms with Gasteiger partial charge in [0.25, 0.3) is 0 Å². The van der Waals surface area contributed by atoms with Crippen LogP contribution in [-0.2, 0) is 14.7 Å². The van der Waals surface area contributed by atoms with Crippen LogP contribution in [0.3, 0.4) is 0 Å². The van der Waals surface area contributed by atoms with Crippen molar-refractivity contribution in [3.63, 3.8) is 0 Å². The molecule has 3 rings (SSSR count). The molecule has 1 aromatic rings. The molecular weight excluding hydrogens is 256 g/mol. The number of hydrogen-bond donors (Lipinski definition) is 0. The SMILES string of the molecule is CC1(c2ncc(B3OC(C)(C)C(C)(C)O3)cc2F)CC1. The topological polar surface area (TPSA) is 31.4 Å². The summed E-state index contributed by atoms with van der Waals surface area (Å²) in [5.41, 5.74) is 0.301. The Kier molecular flexibility index (Phi) is 2.84. The first-order valence-electron chi connectivity index (χ1n) is 7.16. The minimum atomic E-state index is -0.553. The Balaban J connectivity index is 1.88. The highest BCUT2D eigenvalue weighted by atomic mass is 19.1. The Bertz CT molecular complexity index is 539. The largest absolute Gasteiger partial charge is 0.496 e. The van der Waals surface area contributed by atoms with Crippen molar-refractivity contribution in [2.45, 2.75) is 64.1 Å². The third-order valence-electron chi connectivity index (χ3n) is 4.96. The highest BCUT2D eigenvalue weighted by Crippen LogP contribution is 2.47. The van der Waals surface area contributed by atoms with E-state index in [1.54, 1.807) is 6.20 Å². The van der Waals surface area contributed by atoms with Gasteiger partial charge in [-0.3, -0.25) is 4.98 Å². The fourth-order valence-electron chi connectivity index (χ4n) is 2.43. The molecule has 0 amide bonds. The number of hydrogen-bond acceptors (Lipinski definition) is 3. The third-order valence-corrected chi connectivity index (χ3v) is 4.96. The summed E-state index contributed by atoms with van der Waals surface area (Å²) in [4.78, 5) is 4.32. The standard InChI is InChI=1S/C15H21BFNO2/c1-13(2)14(3,4)20-16(19-13)10-8-11(17)12(18-9-10)15(5)6-7-15/h8-9H,6-7H2,1-5H3. The molecule has 0 aromatic carbocycles. The number of halogens is 1. The van der Waals surface area contributed by atoms with Crippen LogP contribution in [0.4, 0.5) is 4.39 Å². The molecule has 20 heavy (non-hydrogen) atoms. The summed E-state index contributed by atoms with van der Waals surface area (Å²) in [5, 5.41) is 0. The molecule has 0 spiro atoms. The number of nitrogens with zero attached hydrogens (tertiary/aromatic N) is 1. The highest BCUT2D eigenvalue weighted by molar-refractivity contribution is 6.62. The molecule has 1 aliphatic heterocycles. The molecule has 1 aliphatic carbocycles. The minimum Gasteiger partial charge on any atom is -0.399 e. The maximum atomic E-state index is 14.3. The summed E-state index contributed by atoms with van der Waals surface area (Å²) < 4.78 is 26.1. The van der Waals surface area contributed by atoms with Gasteiger partial charge in [-0.25, -0.2) is 4.39 Å². The molecule has 0 N–H and O–H groups in total. The molecule has 0 atom stereocenters. The lowest BCUT2D eigenvalue weighted by Gasteiger charge is -2.32. The van der Waals surface area contributed by atoms with E-state index in [4.69, 9.17) is 9.31 Å². The molecule has 1 saturated heterocycles. The Morgan fingerprint density at radius 3 is 2.10 bits per heavy atom. The molecule has 1 aromatic heterocycles. The van der Waals surface area contributed by atoms with Gasteiger partial charge < -0.3 is 9.31 Å². The van der Waals surface area contributed by atoms with Crippen LogP contribution >= 0.6 is 0 Å². The van der Waals surface area contributed by atoms with Crippen molar-refractivity contribution in [2.24, 2.45) is 0 Å². The van der Waals surface area contributed by atoms with Gasteiger partial charge in [0.15, 0.2) is 0 Å². The van der Waals surface area contributed by atoms with Crippen molar-refractivity contribution < 1.29 is 13.7 Å². The lowest BCUT2D eigenvalue weighted by molar-refractivity contribution is 0.00578. The lowest BCUT2D eigenvalue weighted by Crippen LogP contribution is -2.41. The predicted octanol–water partition coefficient (Wildman–Crippen LogP) is 2.57. The van der Waals surface area contributed by atoms with E-state index in [-0.39, 0.29) is 11.2 Å². The quantitative estimate of drug-likeness (QED) is 0.778. The van der Waals surface area contributed by atoms with E-state index in [0.717, 1.165) is 12.8 Å². The summed E-state index contributed by atoms with van der Waals surface area (Å²) in [7, 11) is -0.553. The van der Waals surface area contributed by atoms with Gasteiger partial charge in [0.1, 0.15) is 5.82 Å². The Morgan fingerprint density at radius 1 is 1.10 bits per heavy atom. The van der Waals surface area contributed by atoms with Crippen molar-refractivity contribution >= 4 is 12.6 Å². The fourth-order valence-corrected chi connectivity index (χ4v) is 2.43. The second-order valence-corrected chi connectivity index (χ2v) is 7.25. The zero-order valence-electron chi connectivity index (χ0n) is 12.8. The molecule has 0 bridgehead atoms. The Hall–Kier alpha value is -0.935. The molecule has 2 aliphatic rings. The summed E-state index contributed by atoms with van der Waals surface area (Å²) in [6.45, 7) is 9.98. The van der Waals surface area contributed by atoms with Gasteiger partial charge in [-0.05, 0) is 46.6 Å². The molecule has 1 saturated carbocycles. The van der Waals surface area contributed by atoms with E-state index in [0.29, 0.717) is 11.2 Å². The van der Waals surface area contributed by atoms with Crippen LogP contribution in [0.15, 0.2) is 12.3 Å². The summed E-state index contributed by atoms with van der Waals surface area (Å²) in [6.07, 6.45) is 3.70. The van der Waals surface area contributed by atoms with Gasteiger partial charge in [-0.15, -0.1) is 0 Å². The predicted molar refractivity (Wildman–Crippen MR) is 76.5 cm³/mol. The second kappa shape index (κ2) is 4.04. The smallest absolute Gasteiger partial charge is 0.399 e. The van der Waals surface area contributed by atoms with Crippen LogP contribution in [0.1, 0.15) is 53.2 Å². The minimum absolute atomic E-state index is 0.0709. The lowest BCUT2D eigenvalue weighted by atomic mass is 9.80. The van der Waals surface area contributed by atoms with Crippen molar-refractivity contribution in [3.05, 3.63) is 23.8 Å². The van der Waals surface area contributed by atoms with Crippen LogP contribution in [-0.4, -0.2) is 23.3 Å². The monoisotopic (exact) mass is 277 g/mol. The molecule has 0 unspecified atom stereocenters. The highest BCUT2D eigenvalue weighted by Gasteiger charge is 2.52. The third kappa shape index (κ3) is 2.08. The Labute approximate surface area is 120 Å². The van der Waals surface area contributed by atoms with Gasteiger partial charge in [-0.2, -0.15) is 0 Å². The second-order valence-electron chi connectivity index (χ2n) is 7.25. The van der Waals surface area contributed by atoms with E-state index in [2.05, 4.69) is 4.98 Å². The van der Waals surface area contributed by atoms with Gasteiger partial charge in [0.05, 0.1) is 16.9 Å². The van der Waals surface area contributed by atoms with E-state index < -0.39 is 18.3 Å². The van der Waals surface area contributed by atoms with Crippen molar-refractivity contribution in [2.75, 3.05) is 0 Å². The van der Waals surface area contributed by atoms with Crippen molar-refractivity contribution in [1.29, 1.82) is 0 Å². The first kappa shape index (κ1) is 14.0. The average molecular weight is 277 g/mol. The molecule has 3 nitrogen and oxygen atoms in total.